The summed E-state index contributed by atoms with van der Waals surface area (Å²) in [5, 5.41) is 27.4. The van der Waals surface area contributed by atoms with Gasteiger partial charge in [0.15, 0.2) is 0 Å². The van der Waals surface area contributed by atoms with Crippen molar-refractivity contribution in [2.24, 2.45) is 22.9 Å². The molecule has 0 saturated heterocycles. The smallest absolute Gasteiger partial charge is 0.410 e. The van der Waals surface area contributed by atoms with Crippen molar-refractivity contribution in [3.63, 3.8) is 0 Å². The maximum absolute atomic E-state index is 15.2. The maximum Gasteiger partial charge on any atom is 0.410 e. The molecule has 400 valence electrons. The van der Waals surface area contributed by atoms with Crippen molar-refractivity contribution in [1.29, 1.82) is 0 Å². The Morgan fingerprint density at radius 3 is 2.19 bits per heavy atom. The molecule has 1 saturated carbocycles. The number of halogens is 1. The first-order chi connectivity index (χ1) is 36.8. The van der Waals surface area contributed by atoms with Crippen LogP contribution in [0.1, 0.15) is 139 Å². The molecule has 0 bridgehead atoms. The number of aliphatic hydroxyl groups excluding tert-OH is 2. The Kier molecular flexibility index (Phi) is 20.8. The number of benzene rings is 5. The van der Waals surface area contributed by atoms with Crippen LogP contribution in [0.5, 0.6) is 17.2 Å². The summed E-state index contributed by atoms with van der Waals surface area (Å²) in [6.45, 7) is 7.17. The molecule has 0 unspecified atom stereocenters. The van der Waals surface area contributed by atoms with Crippen LogP contribution >= 0.6 is 0 Å². The van der Waals surface area contributed by atoms with Gasteiger partial charge in [0, 0.05) is 37.7 Å². The number of allylic oxidation sites excluding steroid dienone is 1. The first-order valence-corrected chi connectivity index (χ1v) is 27.9. The summed E-state index contributed by atoms with van der Waals surface area (Å²) in [6.07, 6.45) is 19.7. The molecule has 11 heteroatoms. The number of fused-ring (bicyclic) bond motifs is 3. The Bertz CT molecular complexity index is 2640. The molecule has 0 spiro atoms. The van der Waals surface area contributed by atoms with Crippen LogP contribution in [-0.4, -0.2) is 65.2 Å². The second-order valence-electron chi connectivity index (χ2n) is 20.7. The van der Waals surface area contributed by atoms with Gasteiger partial charge < -0.3 is 34.0 Å². The monoisotopic (exact) mass is 1020 g/mol. The van der Waals surface area contributed by atoms with E-state index in [4.69, 9.17) is 28.9 Å². The van der Waals surface area contributed by atoms with E-state index < -0.39 is 23.8 Å². The van der Waals surface area contributed by atoms with Crippen LogP contribution in [-0.2, 0) is 27.5 Å². The Hall–Kier alpha value is -6.01. The fraction of sp³-hybridized carbons (Fsp3) is 0.469. The van der Waals surface area contributed by atoms with E-state index in [1.54, 1.807) is 23.1 Å². The van der Waals surface area contributed by atoms with Crippen molar-refractivity contribution in [2.45, 2.75) is 147 Å². The summed E-state index contributed by atoms with van der Waals surface area (Å²) >= 11 is 0. The summed E-state index contributed by atoms with van der Waals surface area (Å²) in [5.41, 5.74) is 4.21. The van der Waals surface area contributed by atoms with Gasteiger partial charge in [0.1, 0.15) is 35.7 Å². The second-order valence-corrected chi connectivity index (χ2v) is 20.7. The van der Waals surface area contributed by atoms with E-state index in [1.807, 2.05) is 66.7 Å². The summed E-state index contributed by atoms with van der Waals surface area (Å²) in [7, 11) is 0. The van der Waals surface area contributed by atoms with Crippen molar-refractivity contribution in [3.05, 3.63) is 162 Å². The molecule has 5 aromatic rings. The summed E-state index contributed by atoms with van der Waals surface area (Å²) < 4.78 is 42.3. The van der Waals surface area contributed by atoms with Gasteiger partial charge in [0.2, 0.25) is 5.79 Å². The number of hydrogen-bond acceptors (Lipinski definition) is 9. The molecule has 1 fully saturated rings. The highest BCUT2D eigenvalue weighted by Gasteiger charge is 2.65. The van der Waals surface area contributed by atoms with Crippen molar-refractivity contribution >= 4 is 22.6 Å². The van der Waals surface area contributed by atoms with E-state index in [2.05, 4.69) is 43.8 Å². The van der Waals surface area contributed by atoms with Crippen LogP contribution < -0.4 is 9.47 Å². The van der Waals surface area contributed by atoms with Crippen LogP contribution in [0, 0.1) is 23.6 Å². The summed E-state index contributed by atoms with van der Waals surface area (Å²) in [4.78, 5) is 23.2. The average Bonchev–Trinajstić information content (AvgIpc) is 3.43. The molecule has 1 heterocycles. The van der Waals surface area contributed by atoms with Gasteiger partial charge in [-0.15, -0.1) is 6.58 Å². The van der Waals surface area contributed by atoms with Gasteiger partial charge in [-0.1, -0.05) is 168 Å². The number of amides is 1. The maximum atomic E-state index is 15.2. The Balaban J connectivity index is 1.23. The third kappa shape index (κ3) is 14.3. The zero-order chi connectivity index (χ0) is 52.2. The van der Waals surface area contributed by atoms with Crippen LogP contribution in [0.3, 0.4) is 0 Å². The summed E-state index contributed by atoms with van der Waals surface area (Å²) in [6, 6.07) is 35.6. The minimum atomic E-state index is -1.52. The second kappa shape index (κ2) is 28.2. The molecular formula is C64H79FN2O8. The number of carbonyl (C=O) groups is 1. The molecule has 0 radical (unpaired) electrons. The lowest BCUT2D eigenvalue weighted by atomic mass is 9.55. The molecule has 3 aliphatic rings. The number of nitrogens with zero attached hydrogens (tertiary/aromatic N) is 2. The molecule has 8 rings (SSSR count). The van der Waals surface area contributed by atoms with Gasteiger partial charge in [0.25, 0.3) is 0 Å². The molecule has 1 aliphatic heterocycles. The SMILES string of the molecule is C=CCO[C@@]12Oc3ccc(Oc4ccc5ccccc5c4)cc3[C@H]3[C@H](CCCCO)[C@@H](CCCCO)C=C(C(=NOCc4ccccc4)C[C@@H]1N(Cc1ccc(F)cc1)C(=O)OCCCCCCCCCCCC)[C@H]32. The molecule has 0 aromatic heterocycles. The first-order valence-electron chi connectivity index (χ1n) is 27.9. The Labute approximate surface area is 444 Å². The predicted octanol–water partition coefficient (Wildman–Crippen LogP) is 15.2. The van der Waals surface area contributed by atoms with E-state index in [9.17, 15) is 14.6 Å². The van der Waals surface area contributed by atoms with Crippen LogP contribution in [0.2, 0.25) is 0 Å². The lowest BCUT2D eigenvalue weighted by molar-refractivity contribution is -0.256. The topological polar surface area (TPSA) is 119 Å². The molecule has 2 N–H and O–H groups in total. The molecule has 5 aromatic carbocycles. The zero-order valence-corrected chi connectivity index (χ0v) is 44.1. The van der Waals surface area contributed by atoms with Crippen molar-refractivity contribution < 1.29 is 43.2 Å². The van der Waals surface area contributed by atoms with Gasteiger partial charge in [-0.25, -0.2) is 9.18 Å². The van der Waals surface area contributed by atoms with Gasteiger partial charge in [-0.2, -0.15) is 0 Å². The number of oxime groups is 1. The van der Waals surface area contributed by atoms with E-state index in [0.29, 0.717) is 41.4 Å². The lowest BCUT2D eigenvalue weighted by Crippen LogP contribution is -2.70. The molecule has 75 heavy (non-hydrogen) atoms. The fourth-order valence-corrected chi connectivity index (χ4v) is 11.8. The minimum Gasteiger partial charge on any atom is -0.459 e. The Morgan fingerprint density at radius 1 is 0.773 bits per heavy atom. The highest BCUT2D eigenvalue weighted by Crippen LogP contribution is 2.62. The van der Waals surface area contributed by atoms with E-state index in [-0.39, 0.29) is 69.6 Å². The predicted molar refractivity (Wildman–Crippen MR) is 295 cm³/mol. The number of unbranched alkanes of at least 4 members (excludes halogenated alkanes) is 11. The highest BCUT2D eigenvalue weighted by molar-refractivity contribution is 6.03. The average molecular weight is 1020 g/mol. The number of rotatable bonds is 30. The zero-order valence-electron chi connectivity index (χ0n) is 44.1. The molecule has 1 amide bonds. The van der Waals surface area contributed by atoms with Gasteiger partial charge in [-0.3, -0.25) is 4.90 Å². The van der Waals surface area contributed by atoms with Gasteiger partial charge >= 0.3 is 6.09 Å². The third-order valence-electron chi connectivity index (χ3n) is 15.5. The van der Waals surface area contributed by atoms with Crippen molar-refractivity contribution in [1.82, 2.24) is 4.90 Å². The van der Waals surface area contributed by atoms with E-state index in [0.717, 1.165) is 78.8 Å². The fourth-order valence-electron chi connectivity index (χ4n) is 11.8. The molecule has 10 nitrogen and oxygen atoms in total. The minimum absolute atomic E-state index is 0.00773. The van der Waals surface area contributed by atoms with Crippen LogP contribution in [0.15, 0.2) is 145 Å². The van der Waals surface area contributed by atoms with E-state index in [1.165, 1.54) is 50.7 Å². The van der Waals surface area contributed by atoms with Gasteiger partial charge in [0.05, 0.1) is 24.8 Å². The quantitative estimate of drug-likeness (QED) is 0.0265. The van der Waals surface area contributed by atoms with Crippen molar-refractivity contribution in [3.8, 4) is 17.2 Å². The molecular weight excluding hydrogens is 944 g/mol. The Morgan fingerprint density at radius 2 is 1.45 bits per heavy atom. The first kappa shape index (κ1) is 55.2. The molecule has 6 atom stereocenters. The van der Waals surface area contributed by atoms with Gasteiger partial charge in [-0.05, 0) is 114 Å². The molecule has 2 aliphatic carbocycles. The largest absolute Gasteiger partial charge is 0.459 e. The van der Waals surface area contributed by atoms with E-state index >= 15 is 4.79 Å². The third-order valence-corrected chi connectivity index (χ3v) is 15.5. The number of aliphatic hydroxyl groups is 2. The van der Waals surface area contributed by atoms with Crippen LogP contribution in [0.4, 0.5) is 9.18 Å². The standard InChI is InChI=1S/C64H79FN2O8/c1-3-5-6-7-8-9-10-11-12-22-40-71-63(70)67(45-47-29-32-52(65)33-30-47)60-44-58(66-73-46-48-23-14-13-15-24-48)56-42-51(27-18-20-37-68)55(28-19-21-38-69)61-57-43-54(74-53-34-31-49-25-16-17-26-50(49)41-53)35-36-59(57)75-64(60,62(56)61)72-39-4-2/h4,13-17,23-26,29-36,41-43,51,55,60-62,68-69H,2-3,5-12,18-22,27-28,37-40,44-46H2,1H3/t51-,55+,60-,61+,62+,64+/m0/s1. The van der Waals surface area contributed by atoms with Crippen LogP contribution in [0.25, 0.3) is 10.8 Å². The normalized spacial score (nSPS) is 21.1. The highest BCUT2D eigenvalue weighted by atomic mass is 19.1. The lowest BCUT2D eigenvalue weighted by Gasteiger charge is -2.59. The summed E-state index contributed by atoms with van der Waals surface area (Å²) in [5.74, 6) is -0.695. The number of ether oxygens (including phenoxy) is 4. The number of carbonyl (C=O) groups excluding carboxylic acids is 1. The van der Waals surface area contributed by atoms with Crippen molar-refractivity contribution in [2.75, 3.05) is 26.4 Å². The number of hydrogen-bond donors (Lipinski definition) is 2.